The number of fused-ring (bicyclic) bond motifs is 2. The molecule has 5 nitrogen and oxygen atoms in total. The van der Waals surface area contributed by atoms with E-state index in [4.69, 9.17) is 9.47 Å². The number of benzene rings is 2. The van der Waals surface area contributed by atoms with Crippen molar-refractivity contribution in [2.75, 3.05) is 13.7 Å². The summed E-state index contributed by atoms with van der Waals surface area (Å²) in [7, 11) is 1.87. The minimum absolute atomic E-state index is 0.0531. The van der Waals surface area contributed by atoms with E-state index in [-0.39, 0.29) is 34.9 Å². The van der Waals surface area contributed by atoms with Crippen molar-refractivity contribution in [3.63, 3.8) is 0 Å². The Morgan fingerprint density at radius 3 is 2.19 bits per heavy atom. The van der Waals surface area contributed by atoms with Gasteiger partial charge in [0, 0.05) is 25.6 Å². The van der Waals surface area contributed by atoms with Crippen molar-refractivity contribution in [3.8, 4) is 0 Å². The lowest BCUT2D eigenvalue weighted by Crippen LogP contribution is -2.53. The monoisotopic (exact) mass is 589 g/mol. The molecule has 236 valence electrons. The summed E-state index contributed by atoms with van der Waals surface area (Å²) in [5.41, 5.74) is 1.66. The van der Waals surface area contributed by atoms with E-state index in [1.165, 1.54) is 18.4 Å². The maximum absolute atomic E-state index is 14.4. The van der Waals surface area contributed by atoms with E-state index in [0.29, 0.717) is 12.5 Å². The predicted octanol–water partition coefficient (Wildman–Crippen LogP) is 7.97. The van der Waals surface area contributed by atoms with Gasteiger partial charge in [0.15, 0.2) is 0 Å². The van der Waals surface area contributed by atoms with Crippen LogP contribution in [0.3, 0.4) is 0 Å². The van der Waals surface area contributed by atoms with Crippen LogP contribution in [0.15, 0.2) is 60.7 Å². The molecule has 0 saturated heterocycles. The maximum Gasteiger partial charge on any atom is 0.314 e. The first-order chi connectivity index (χ1) is 20.5. The molecule has 3 fully saturated rings. The number of carbonyl (C=O) groups excluding carboxylic acids is 1. The van der Waals surface area contributed by atoms with Crippen molar-refractivity contribution in [3.05, 3.63) is 71.8 Å². The molecule has 2 bridgehead atoms. The number of carbonyl (C=O) groups is 1. The molecule has 0 amide bonds. The molecule has 2 aromatic rings. The molecule has 1 N–H and O–H groups in total. The van der Waals surface area contributed by atoms with Gasteiger partial charge in [0.05, 0.1) is 18.2 Å². The number of ether oxygens (including phenoxy) is 2. The minimum atomic E-state index is -0.790. The summed E-state index contributed by atoms with van der Waals surface area (Å²) < 4.78 is 12.4. The average molecular weight is 590 g/mol. The fourth-order valence-electron chi connectivity index (χ4n) is 9.02. The standard InChI is InChI=1S/C38H55NO4/c1-36(2,3)43-35(41)32(34(40)29-20-14-9-15-21-29)33(28-18-12-8-13-19-28)39(25-27-16-10-7-11-17-27)26-38-23-22-30(37(38,4)5)24-31(38)42-6/h7-8,10-13,16-19,29-34,40H,9,14-15,20-26H2,1-6H3/t30-,31-,32?,33?,34?,38-/m1/s1. The maximum atomic E-state index is 14.4. The molecule has 5 rings (SSSR count). The third kappa shape index (κ3) is 6.60. The van der Waals surface area contributed by atoms with Crippen LogP contribution in [0.25, 0.3) is 0 Å². The van der Waals surface area contributed by atoms with E-state index in [1.54, 1.807) is 0 Å². The Morgan fingerprint density at radius 1 is 0.977 bits per heavy atom. The zero-order valence-corrected chi connectivity index (χ0v) is 27.4. The molecule has 0 radical (unpaired) electrons. The van der Waals surface area contributed by atoms with Crippen LogP contribution in [0.1, 0.15) is 103 Å². The molecule has 0 heterocycles. The molecule has 43 heavy (non-hydrogen) atoms. The van der Waals surface area contributed by atoms with Gasteiger partial charge in [0.2, 0.25) is 0 Å². The second kappa shape index (κ2) is 13.0. The van der Waals surface area contributed by atoms with Crippen LogP contribution in [0.4, 0.5) is 0 Å². The lowest BCUT2D eigenvalue weighted by Gasteiger charge is -2.49. The van der Waals surface area contributed by atoms with Gasteiger partial charge < -0.3 is 14.6 Å². The normalized spacial score (nSPS) is 27.6. The summed E-state index contributed by atoms with van der Waals surface area (Å²) >= 11 is 0. The van der Waals surface area contributed by atoms with Crippen LogP contribution in [-0.4, -0.2) is 47.4 Å². The van der Waals surface area contributed by atoms with Crippen LogP contribution in [-0.2, 0) is 20.8 Å². The molecule has 6 atom stereocenters. The fourth-order valence-corrected chi connectivity index (χ4v) is 9.02. The number of methoxy groups -OCH3 is 1. The van der Waals surface area contributed by atoms with Gasteiger partial charge in [-0.15, -0.1) is 0 Å². The molecule has 0 aliphatic heterocycles. The van der Waals surface area contributed by atoms with Gasteiger partial charge in [-0.2, -0.15) is 0 Å². The minimum Gasteiger partial charge on any atom is -0.460 e. The lowest BCUT2D eigenvalue weighted by atomic mass is 9.67. The Bertz CT molecular complexity index is 1190. The third-order valence-corrected chi connectivity index (χ3v) is 11.4. The first-order valence-corrected chi connectivity index (χ1v) is 16.7. The van der Waals surface area contributed by atoms with E-state index >= 15 is 0 Å². The van der Waals surface area contributed by atoms with Gasteiger partial charge in [-0.05, 0) is 81.3 Å². The Balaban J connectivity index is 1.65. The van der Waals surface area contributed by atoms with Gasteiger partial charge in [-0.3, -0.25) is 9.69 Å². The highest BCUT2D eigenvalue weighted by Crippen LogP contribution is 2.67. The van der Waals surface area contributed by atoms with E-state index in [9.17, 15) is 9.90 Å². The summed E-state index contributed by atoms with van der Waals surface area (Å²) in [5.74, 6) is -0.304. The van der Waals surface area contributed by atoms with Crippen LogP contribution in [0.5, 0.6) is 0 Å². The van der Waals surface area contributed by atoms with Crippen molar-refractivity contribution < 1.29 is 19.4 Å². The zero-order chi connectivity index (χ0) is 30.8. The second-order valence-electron chi connectivity index (χ2n) is 15.3. The van der Waals surface area contributed by atoms with Crippen LogP contribution in [0.2, 0.25) is 0 Å². The van der Waals surface area contributed by atoms with Crippen LogP contribution in [0, 0.1) is 28.6 Å². The Labute approximate surface area is 260 Å². The molecule has 3 unspecified atom stereocenters. The Morgan fingerprint density at radius 2 is 1.60 bits per heavy atom. The fraction of sp³-hybridized carbons (Fsp3) is 0.658. The first kappa shape index (κ1) is 32.2. The molecular weight excluding hydrogens is 534 g/mol. The topological polar surface area (TPSA) is 59.0 Å². The van der Waals surface area contributed by atoms with E-state index in [1.807, 2.05) is 33.9 Å². The zero-order valence-electron chi connectivity index (χ0n) is 27.4. The van der Waals surface area contributed by atoms with Crippen LogP contribution >= 0.6 is 0 Å². The Hall–Kier alpha value is -2.21. The second-order valence-corrected chi connectivity index (χ2v) is 15.3. The summed E-state index contributed by atoms with van der Waals surface area (Å²) in [6.45, 7) is 12.1. The number of aliphatic hydroxyl groups excluding tert-OH is 1. The van der Waals surface area contributed by atoms with Gasteiger partial charge in [-0.1, -0.05) is 93.8 Å². The summed E-state index contributed by atoms with van der Waals surface area (Å²) in [6.07, 6.45) is 8.07. The van der Waals surface area contributed by atoms with Crippen molar-refractivity contribution >= 4 is 5.97 Å². The molecule has 3 aliphatic carbocycles. The highest BCUT2D eigenvalue weighted by Gasteiger charge is 2.65. The van der Waals surface area contributed by atoms with Crippen molar-refractivity contribution in [1.82, 2.24) is 4.90 Å². The number of rotatable bonds is 11. The lowest BCUT2D eigenvalue weighted by molar-refractivity contribution is -0.172. The molecular formula is C38H55NO4. The van der Waals surface area contributed by atoms with Gasteiger partial charge in [0.1, 0.15) is 11.5 Å². The molecule has 0 aromatic heterocycles. The SMILES string of the molecule is CO[C@@H]1C[C@H]2CC[C@]1(CN(Cc1ccccc1)C(c1ccccc1)C(C(=O)OC(C)(C)C)C(O)C1CCCCC1)C2(C)C. The van der Waals surface area contributed by atoms with Gasteiger partial charge in [0.25, 0.3) is 0 Å². The van der Waals surface area contributed by atoms with Crippen molar-refractivity contribution in [2.24, 2.45) is 28.6 Å². The third-order valence-electron chi connectivity index (χ3n) is 11.4. The van der Waals surface area contributed by atoms with Crippen molar-refractivity contribution in [2.45, 2.75) is 116 Å². The average Bonchev–Trinajstić information content (AvgIpc) is 3.35. The van der Waals surface area contributed by atoms with Crippen molar-refractivity contribution in [1.29, 1.82) is 0 Å². The number of aliphatic hydroxyl groups is 1. The first-order valence-electron chi connectivity index (χ1n) is 16.7. The molecule has 0 spiro atoms. The quantitative estimate of drug-likeness (QED) is 0.269. The summed E-state index contributed by atoms with van der Waals surface area (Å²) in [5, 5.41) is 12.3. The number of nitrogens with zero attached hydrogens (tertiary/aromatic N) is 1. The van der Waals surface area contributed by atoms with E-state index in [0.717, 1.165) is 50.6 Å². The molecule has 5 heteroatoms. The molecule has 2 aromatic carbocycles. The predicted molar refractivity (Wildman–Crippen MR) is 172 cm³/mol. The van der Waals surface area contributed by atoms with Crippen LogP contribution < -0.4 is 0 Å². The van der Waals surface area contributed by atoms with Gasteiger partial charge >= 0.3 is 5.97 Å². The smallest absolute Gasteiger partial charge is 0.314 e. The van der Waals surface area contributed by atoms with E-state index in [2.05, 4.69) is 73.3 Å². The number of hydrogen-bond donors (Lipinski definition) is 1. The number of hydrogen-bond acceptors (Lipinski definition) is 5. The molecule has 3 saturated carbocycles. The number of esters is 1. The Kier molecular flexibility index (Phi) is 9.75. The van der Waals surface area contributed by atoms with E-state index < -0.39 is 17.6 Å². The highest BCUT2D eigenvalue weighted by molar-refractivity contribution is 5.75. The largest absolute Gasteiger partial charge is 0.460 e. The highest BCUT2D eigenvalue weighted by atomic mass is 16.6. The van der Waals surface area contributed by atoms with Gasteiger partial charge in [-0.25, -0.2) is 0 Å². The molecule has 3 aliphatic rings. The summed E-state index contributed by atoms with van der Waals surface area (Å²) in [6, 6.07) is 20.7. The summed E-state index contributed by atoms with van der Waals surface area (Å²) in [4.78, 5) is 16.9.